The summed E-state index contributed by atoms with van der Waals surface area (Å²) in [6.45, 7) is 4.42. The molecule has 2 aromatic rings. The highest BCUT2D eigenvalue weighted by Gasteiger charge is 2.36. The van der Waals surface area contributed by atoms with E-state index in [-0.39, 0.29) is 11.9 Å². The number of carbonyl (C=O) groups is 1. The van der Waals surface area contributed by atoms with E-state index in [0.29, 0.717) is 22.9 Å². The van der Waals surface area contributed by atoms with E-state index in [2.05, 4.69) is 28.6 Å². The van der Waals surface area contributed by atoms with Crippen LogP contribution in [-0.2, 0) is 11.3 Å². The van der Waals surface area contributed by atoms with Crippen molar-refractivity contribution in [3.05, 3.63) is 83.6 Å². The van der Waals surface area contributed by atoms with E-state index in [1.54, 1.807) is 12.1 Å². The number of rotatable bonds is 4. The molecule has 0 aliphatic carbocycles. The molecule has 1 saturated heterocycles. The average Bonchev–Trinajstić information content (AvgIpc) is 2.66. The number of benzene rings is 2. The molecule has 6 heteroatoms. The zero-order valence-electron chi connectivity index (χ0n) is 14.0. The van der Waals surface area contributed by atoms with Crippen LogP contribution in [0.1, 0.15) is 22.7 Å². The first-order valence-corrected chi connectivity index (χ1v) is 8.57. The summed E-state index contributed by atoms with van der Waals surface area (Å²) in [4.78, 5) is 12.8. The molecule has 0 radical (unpaired) electrons. The molecule has 2 atom stereocenters. The van der Waals surface area contributed by atoms with Crippen LogP contribution < -0.4 is 16.0 Å². The second-order valence-electron chi connectivity index (χ2n) is 6.02. The number of hydrogen-bond acceptors (Lipinski definition) is 3. The Bertz CT molecular complexity index is 871. The third-order valence-electron chi connectivity index (χ3n) is 4.26. The van der Waals surface area contributed by atoms with Gasteiger partial charge >= 0.3 is 0 Å². The highest BCUT2D eigenvalue weighted by Crippen LogP contribution is 2.29. The Morgan fingerprint density at radius 1 is 1.19 bits per heavy atom. The number of nitriles is 1. The molecule has 1 fully saturated rings. The van der Waals surface area contributed by atoms with Crippen molar-refractivity contribution in [1.82, 2.24) is 16.0 Å². The Kier molecular flexibility index (Phi) is 5.30. The van der Waals surface area contributed by atoms with Gasteiger partial charge in [0.1, 0.15) is 5.92 Å². The molecule has 0 aromatic heterocycles. The lowest BCUT2D eigenvalue weighted by atomic mass is 9.88. The van der Waals surface area contributed by atoms with Crippen LogP contribution in [0, 0.1) is 17.2 Å². The summed E-state index contributed by atoms with van der Waals surface area (Å²) in [5, 5.41) is 18.4. The van der Waals surface area contributed by atoms with Crippen LogP contribution in [0.15, 0.2) is 66.9 Å². The minimum atomic E-state index is -0.529. The van der Waals surface area contributed by atoms with Crippen LogP contribution in [0.5, 0.6) is 0 Å². The monoisotopic (exact) mass is 362 g/mol. The first kappa shape index (κ1) is 17.6. The number of carbonyl (C=O) groups excluding carboxylic acids is 1. The summed E-state index contributed by atoms with van der Waals surface area (Å²) < 4.78 is 0. The molecule has 0 spiro atoms. The Hall–Kier alpha value is -3.17. The van der Waals surface area contributed by atoms with Crippen LogP contribution in [0.3, 0.4) is 0 Å². The summed E-state index contributed by atoms with van der Waals surface area (Å²) in [5.41, 5.74) is 3.00. The third kappa shape index (κ3) is 3.90. The van der Waals surface area contributed by atoms with Crippen molar-refractivity contribution >= 4 is 23.2 Å². The van der Waals surface area contributed by atoms with Gasteiger partial charge in [0.2, 0.25) is 5.91 Å². The molecule has 0 bridgehead atoms. The van der Waals surface area contributed by atoms with E-state index in [9.17, 15) is 4.79 Å². The Morgan fingerprint density at radius 3 is 2.54 bits per heavy atom. The first-order valence-electron chi connectivity index (χ1n) is 8.16. The van der Waals surface area contributed by atoms with E-state index in [0.717, 1.165) is 11.1 Å². The minimum Gasteiger partial charge on any atom is -0.354 e. The van der Waals surface area contributed by atoms with Gasteiger partial charge in [-0.15, -0.1) is 0 Å². The summed E-state index contributed by atoms with van der Waals surface area (Å²) in [6.07, 6.45) is 0. The first-order chi connectivity index (χ1) is 12.6. The summed E-state index contributed by atoms with van der Waals surface area (Å²) in [7, 11) is 0. The fourth-order valence-electron chi connectivity index (χ4n) is 2.93. The molecule has 130 valence electrons. The fourth-order valence-corrected chi connectivity index (χ4v) is 3.19. The lowest BCUT2D eigenvalue weighted by Gasteiger charge is -2.35. The lowest BCUT2D eigenvalue weighted by Crippen LogP contribution is -2.52. The van der Waals surface area contributed by atoms with Crippen molar-refractivity contribution < 1.29 is 4.79 Å². The van der Waals surface area contributed by atoms with Gasteiger partial charge in [0, 0.05) is 12.2 Å². The molecular weight excluding hydrogens is 344 g/mol. The maximum atomic E-state index is 12.8. The molecule has 3 N–H and O–H groups in total. The average molecular weight is 362 g/mol. The van der Waals surface area contributed by atoms with E-state index < -0.39 is 5.92 Å². The van der Waals surface area contributed by atoms with E-state index in [1.807, 2.05) is 42.5 Å². The largest absolute Gasteiger partial charge is 0.354 e. The molecule has 26 heavy (non-hydrogen) atoms. The number of nitrogens with one attached hydrogen (secondary N) is 3. The molecule has 0 saturated carbocycles. The smallest absolute Gasteiger partial charge is 0.231 e. The zero-order valence-corrected chi connectivity index (χ0v) is 14.8. The lowest BCUT2D eigenvalue weighted by molar-refractivity contribution is -0.125. The van der Waals surface area contributed by atoms with Crippen LogP contribution in [0.4, 0.5) is 0 Å². The molecule has 1 heterocycles. The minimum absolute atomic E-state index is 0.143. The second-order valence-corrected chi connectivity index (χ2v) is 6.42. The van der Waals surface area contributed by atoms with Gasteiger partial charge in [-0.05, 0) is 35.5 Å². The van der Waals surface area contributed by atoms with E-state index >= 15 is 0 Å². The molecular formula is C20H18N4OS. The Balaban J connectivity index is 1.80. The van der Waals surface area contributed by atoms with Crippen molar-refractivity contribution in [1.29, 1.82) is 5.26 Å². The van der Waals surface area contributed by atoms with Gasteiger partial charge in [-0.1, -0.05) is 49.0 Å². The predicted octanol–water partition coefficient (Wildman–Crippen LogP) is 2.52. The number of hydrogen-bond donors (Lipinski definition) is 3. The van der Waals surface area contributed by atoms with Crippen molar-refractivity contribution in [3.63, 3.8) is 0 Å². The van der Waals surface area contributed by atoms with Crippen molar-refractivity contribution in [3.8, 4) is 6.07 Å². The van der Waals surface area contributed by atoms with Crippen LogP contribution in [-0.4, -0.2) is 11.0 Å². The molecule has 3 rings (SSSR count). The highest BCUT2D eigenvalue weighted by molar-refractivity contribution is 7.80. The second kappa shape index (κ2) is 7.81. The molecule has 1 aliphatic rings. The maximum absolute atomic E-state index is 12.8. The van der Waals surface area contributed by atoms with Gasteiger partial charge in [0.15, 0.2) is 5.11 Å². The summed E-state index contributed by atoms with van der Waals surface area (Å²) in [6, 6.07) is 18.6. The molecule has 0 unspecified atom stereocenters. The number of nitrogens with zero attached hydrogens (tertiary/aromatic N) is 1. The SMILES string of the molecule is C=C1NC(=S)N[C@@H](c2ccc(C#N)cc2)[C@@H]1C(=O)NCc1ccccc1. The van der Waals surface area contributed by atoms with Crippen molar-refractivity contribution in [2.75, 3.05) is 0 Å². The Morgan fingerprint density at radius 2 is 1.88 bits per heavy atom. The molecule has 2 aromatic carbocycles. The number of thiocarbonyl (C=S) groups is 1. The highest BCUT2D eigenvalue weighted by atomic mass is 32.1. The van der Waals surface area contributed by atoms with E-state index in [4.69, 9.17) is 17.5 Å². The van der Waals surface area contributed by atoms with Gasteiger partial charge in [0.25, 0.3) is 0 Å². The van der Waals surface area contributed by atoms with Crippen LogP contribution >= 0.6 is 12.2 Å². The standard InChI is InChI=1S/C20H18N4OS/c1-13-17(19(25)22-12-15-5-3-2-4-6-15)18(24-20(26)23-13)16-9-7-14(11-21)8-10-16/h2-10,17-18H,1,12H2,(H,22,25)(H2,23,24,26)/t17-,18+/m1/s1. The van der Waals surface area contributed by atoms with Gasteiger partial charge in [-0.3, -0.25) is 4.79 Å². The van der Waals surface area contributed by atoms with Gasteiger partial charge in [-0.25, -0.2) is 0 Å². The normalized spacial score (nSPS) is 19.0. The van der Waals surface area contributed by atoms with Gasteiger partial charge in [-0.2, -0.15) is 5.26 Å². The summed E-state index contributed by atoms with van der Waals surface area (Å²) in [5.74, 6) is -0.672. The van der Waals surface area contributed by atoms with Crippen molar-refractivity contribution in [2.45, 2.75) is 12.6 Å². The zero-order chi connectivity index (χ0) is 18.5. The molecule has 1 amide bonds. The quantitative estimate of drug-likeness (QED) is 0.729. The van der Waals surface area contributed by atoms with Gasteiger partial charge in [0.05, 0.1) is 17.7 Å². The molecule has 1 aliphatic heterocycles. The third-order valence-corrected chi connectivity index (χ3v) is 4.48. The Labute approximate surface area is 157 Å². The van der Waals surface area contributed by atoms with Gasteiger partial charge < -0.3 is 16.0 Å². The summed E-state index contributed by atoms with van der Waals surface area (Å²) >= 11 is 5.22. The van der Waals surface area contributed by atoms with Crippen molar-refractivity contribution in [2.24, 2.45) is 5.92 Å². The van der Waals surface area contributed by atoms with Crippen LogP contribution in [0.25, 0.3) is 0 Å². The fraction of sp³-hybridized carbons (Fsp3) is 0.150. The molecule has 5 nitrogen and oxygen atoms in total. The van der Waals surface area contributed by atoms with Crippen LogP contribution in [0.2, 0.25) is 0 Å². The van der Waals surface area contributed by atoms with E-state index in [1.165, 1.54) is 0 Å². The predicted molar refractivity (Wildman–Crippen MR) is 104 cm³/mol. The topological polar surface area (TPSA) is 76.9 Å². The number of amides is 1. The maximum Gasteiger partial charge on any atom is 0.231 e.